The number of hydrogen-bond donors (Lipinski definition) is 2. The second kappa shape index (κ2) is 8.11. The number of carbonyl (C=O) groups is 1. The third-order valence-corrected chi connectivity index (χ3v) is 4.27. The number of hydrogen-bond acceptors (Lipinski definition) is 8. The molecule has 152 valence electrons. The summed E-state index contributed by atoms with van der Waals surface area (Å²) in [4.78, 5) is 33.6. The van der Waals surface area contributed by atoms with Gasteiger partial charge in [-0.3, -0.25) is 20.0 Å². The minimum atomic E-state index is -0.535. The molecule has 3 heterocycles. The Morgan fingerprint density at radius 3 is 2.60 bits per heavy atom. The van der Waals surface area contributed by atoms with E-state index in [0.29, 0.717) is 23.1 Å². The Kier molecular flexibility index (Phi) is 5.21. The largest absolute Gasteiger partial charge is 0.340 e. The van der Waals surface area contributed by atoms with Crippen molar-refractivity contribution in [2.24, 2.45) is 5.92 Å². The van der Waals surface area contributed by atoms with E-state index in [1.807, 2.05) is 13.8 Å². The van der Waals surface area contributed by atoms with Crippen LogP contribution in [0.5, 0.6) is 0 Å². The summed E-state index contributed by atoms with van der Waals surface area (Å²) in [6.45, 7) is 4.34. The number of rotatable bonds is 6. The van der Waals surface area contributed by atoms with E-state index in [4.69, 9.17) is 4.52 Å². The van der Waals surface area contributed by atoms with Crippen molar-refractivity contribution in [2.45, 2.75) is 20.4 Å². The van der Waals surface area contributed by atoms with Crippen molar-refractivity contribution in [3.05, 3.63) is 64.8 Å². The van der Waals surface area contributed by atoms with Crippen LogP contribution in [0, 0.1) is 5.92 Å². The highest BCUT2D eigenvalue weighted by Crippen LogP contribution is 2.16. The molecule has 0 saturated heterocycles. The molecule has 0 bridgehead atoms. The molecule has 0 unspecified atom stereocenters. The van der Waals surface area contributed by atoms with Gasteiger partial charge in [0.25, 0.3) is 11.5 Å². The maximum Gasteiger partial charge on any atom is 0.340 e. The van der Waals surface area contributed by atoms with Crippen molar-refractivity contribution in [2.75, 3.05) is 5.43 Å². The summed E-state index contributed by atoms with van der Waals surface area (Å²) in [5.74, 6) is 0.00553. The number of aromatic nitrogens is 5. The third kappa shape index (κ3) is 3.88. The lowest BCUT2D eigenvalue weighted by Gasteiger charge is -2.12. The van der Waals surface area contributed by atoms with Gasteiger partial charge in [-0.2, -0.15) is 10.1 Å². The second-order valence-corrected chi connectivity index (χ2v) is 7.01. The Balaban J connectivity index is 1.58. The average Bonchev–Trinajstić information content (AvgIpc) is 3.23. The summed E-state index contributed by atoms with van der Waals surface area (Å²) < 4.78 is 6.42. The van der Waals surface area contributed by atoms with E-state index in [1.54, 1.807) is 48.8 Å². The molecule has 0 saturated carbocycles. The molecule has 0 fully saturated rings. The van der Waals surface area contributed by atoms with Crippen LogP contribution in [0.4, 0.5) is 6.01 Å². The van der Waals surface area contributed by atoms with Gasteiger partial charge < -0.3 is 4.52 Å². The topological polar surface area (TPSA) is 128 Å². The Morgan fingerprint density at radius 1 is 1.13 bits per heavy atom. The maximum atomic E-state index is 12.8. The standard InChI is InChI=1S/C20H19N7O3/c1-12(2)11-27-19(29)15-6-4-3-5-14(15)16(25-27)18(28)23-24-20-22-17(26-30-20)13-7-9-21-10-8-13/h3-10,12H,11H2,1-2H3,(H,23,28)(H,22,24,26). The Labute approximate surface area is 170 Å². The number of pyridine rings is 1. The number of anilines is 1. The number of nitrogens with zero attached hydrogens (tertiary/aromatic N) is 5. The summed E-state index contributed by atoms with van der Waals surface area (Å²) in [7, 11) is 0. The van der Waals surface area contributed by atoms with Gasteiger partial charge in [-0.05, 0) is 24.1 Å². The van der Waals surface area contributed by atoms with Gasteiger partial charge in [0, 0.05) is 29.9 Å². The SMILES string of the molecule is CC(C)Cn1nc(C(=O)NNc2nc(-c3ccncc3)no2)c2ccccc2c1=O. The Morgan fingerprint density at radius 2 is 1.87 bits per heavy atom. The molecule has 3 aromatic heterocycles. The predicted molar refractivity (Wildman–Crippen MR) is 109 cm³/mol. The van der Waals surface area contributed by atoms with Crippen LogP contribution in [-0.2, 0) is 6.54 Å². The van der Waals surface area contributed by atoms with Crippen molar-refractivity contribution in [1.29, 1.82) is 0 Å². The smallest absolute Gasteiger partial charge is 0.313 e. The van der Waals surface area contributed by atoms with Crippen LogP contribution in [0.2, 0.25) is 0 Å². The van der Waals surface area contributed by atoms with Crippen LogP contribution in [-0.4, -0.2) is 30.8 Å². The lowest BCUT2D eigenvalue weighted by molar-refractivity contribution is 0.0955. The zero-order valence-electron chi connectivity index (χ0n) is 16.4. The first-order chi connectivity index (χ1) is 14.5. The number of carbonyl (C=O) groups excluding carboxylic acids is 1. The minimum absolute atomic E-state index is 0.00923. The predicted octanol–water partition coefficient (Wildman–Crippen LogP) is 2.25. The Bertz CT molecular complexity index is 1250. The zero-order valence-corrected chi connectivity index (χ0v) is 16.4. The first kappa shape index (κ1) is 19.2. The van der Waals surface area contributed by atoms with E-state index in [1.165, 1.54) is 4.68 Å². The summed E-state index contributed by atoms with van der Waals surface area (Å²) in [6, 6.07) is 10.4. The summed E-state index contributed by atoms with van der Waals surface area (Å²) in [5.41, 5.74) is 5.69. The summed E-state index contributed by atoms with van der Waals surface area (Å²) in [6.07, 6.45) is 3.23. The van der Waals surface area contributed by atoms with Crippen LogP contribution >= 0.6 is 0 Å². The molecule has 0 aliphatic rings. The minimum Gasteiger partial charge on any atom is -0.313 e. The highest BCUT2D eigenvalue weighted by molar-refractivity contribution is 6.05. The summed E-state index contributed by atoms with van der Waals surface area (Å²) in [5, 5.41) is 9.03. The van der Waals surface area contributed by atoms with E-state index in [9.17, 15) is 9.59 Å². The molecular formula is C20H19N7O3. The van der Waals surface area contributed by atoms with Gasteiger partial charge >= 0.3 is 6.01 Å². The average molecular weight is 405 g/mol. The normalized spacial score (nSPS) is 11.0. The van der Waals surface area contributed by atoms with E-state index in [-0.39, 0.29) is 23.2 Å². The van der Waals surface area contributed by atoms with E-state index >= 15 is 0 Å². The highest BCUT2D eigenvalue weighted by Gasteiger charge is 2.18. The molecule has 10 nitrogen and oxygen atoms in total. The second-order valence-electron chi connectivity index (χ2n) is 7.01. The number of fused-ring (bicyclic) bond motifs is 1. The molecule has 4 rings (SSSR count). The number of hydrazine groups is 1. The highest BCUT2D eigenvalue weighted by atomic mass is 16.5. The molecule has 2 N–H and O–H groups in total. The number of amides is 1. The van der Waals surface area contributed by atoms with Gasteiger partial charge in [-0.1, -0.05) is 37.2 Å². The van der Waals surface area contributed by atoms with Crippen LogP contribution in [0.15, 0.2) is 58.1 Å². The van der Waals surface area contributed by atoms with E-state index in [2.05, 4.69) is 31.1 Å². The van der Waals surface area contributed by atoms with Gasteiger partial charge in [0.05, 0.1) is 5.39 Å². The number of benzene rings is 1. The monoisotopic (exact) mass is 405 g/mol. The fraction of sp³-hybridized carbons (Fsp3) is 0.200. The molecule has 0 atom stereocenters. The molecule has 0 aliphatic heterocycles. The molecule has 4 aromatic rings. The molecule has 1 aromatic carbocycles. The fourth-order valence-electron chi connectivity index (χ4n) is 2.93. The van der Waals surface area contributed by atoms with Gasteiger partial charge in [0.2, 0.25) is 5.82 Å². The van der Waals surface area contributed by atoms with Crippen molar-refractivity contribution in [1.82, 2.24) is 30.3 Å². The molecule has 30 heavy (non-hydrogen) atoms. The van der Waals surface area contributed by atoms with E-state index < -0.39 is 5.91 Å². The van der Waals surface area contributed by atoms with Crippen molar-refractivity contribution in [3.63, 3.8) is 0 Å². The van der Waals surface area contributed by atoms with Gasteiger partial charge in [0.1, 0.15) is 0 Å². The first-order valence-electron chi connectivity index (χ1n) is 9.33. The molecule has 10 heteroatoms. The van der Waals surface area contributed by atoms with Crippen LogP contribution in [0.3, 0.4) is 0 Å². The maximum absolute atomic E-state index is 12.8. The molecule has 0 radical (unpaired) electrons. The lowest BCUT2D eigenvalue weighted by atomic mass is 10.1. The number of nitrogens with one attached hydrogen (secondary N) is 2. The molecule has 0 spiro atoms. The van der Waals surface area contributed by atoms with E-state index in [0.717, 1.165) is 5.56 Å². The van der Waals surface area contributed by atoms with Gasteiger partial charge in [-0.15, -0.1) is 0 Å². The van der Waals surface area contributed by atoms with Crippen molar-refractivity contribution < 1.29 is 9.32 Å². The third-order valence-electron chi connectivity index (χ3n) is 4.27. The van der Waals surface area contributed by atoms with Crippen LogP contribution in [0.1, 0.15) is 24.3 Å². The Hall–Kier alpha value is -4.08. The van der Waals surface area contributed by atoms with Crippen molar-refractivity contribution in [3.8, 4) is 11.4 Å². The summed E-state index contributed by atoms with van der Waals surface area (Å²) >= 11 is 0. The van der Waals surface area contributed by atoms with Gasteiger partial charge in [-0.25, -0.2) is 10.1 Å². The van der Waals surface area contributed by atoms with Crippen LogP contribution < -0.4 is 16.4 Å². The quantitative estimate of drug-likeness (QED) is 0.468. The molecular weight excluding hydrogens is 386 g/mol. The van der Waals surface area contributed by atoms with Crippen LogP contribution in [0.25, 0.3) is 22.2 Å². The molecule has 0 aliphatic carbocycles. The first-order valence-corrected chi connectivity index (χ1v) is 9.33. The zero-order chi connectivity index (χ0) is 21.1. The lowest BCUT2D eigenvalue weighted by Crippen LogP contribution is -2.34. The van der Waals surface area contributed by atoms with Gasteiger partial charge in [0.15, 0.2) is 5.69 Å². The van der Waals surface area contributed by atoms with Crippen molar-refractivity contribution >= 4 is 22.7 Å². The molecule has 1 amide bonds. The fourth-order valence-corrected chi connectivity index (χ4v) is 2.93.